The molecule has 0 aliphatic rings. The van der Waals surface area contributed by atoms with Crippen molar-refractivity contribution in [1.29, 1.82) is 0 Å². The van der Waals surface area contributed by atoms with Crippen LogP contribution in [0.1, 0.15) is 16.1 Å². The van der Waals surface area contributed by atoms with Crippen LogP contribution >= 0.6 is 34.8 Å². The Kier molecular flexibility index (Phi) is 4.56. The van der Waals surface area contributed by atoms with E-state index in [0.29, 0.717) is 11.3 Å². The second kappa shape index (κ2) is 6.05. The number of halogens is 3. The second-order valence-corrected chi connectivity index (χ2v) is 5.37. The van der Waals surface area contributed by atoms with Crippen molar-refractivity contribution in [2.45, 2.75) is 6.92 Å². The maximum atomic E-state index is 11.9. The Bertz CT molecular complexity index is 787. The van der Waals surface area contributed by atoms with Crippen LogP contribution in [0.25, 0.3) is 5.69 Å². The Morgan fingerprint density at radius 3 is 2.43 bits per heavy atom. The lowest BCUT2D eigenvalue weighted by molar-refractivity contribution is 0.0590. The average Bonchev–Trinajstić information content (AvgIpc) is 2.45. The van der Waals surface area contributed by atoms with E-state index in [1.165, 1.54) is 30.1 Å². The maximum Gasteiger partial charge on any atom is 0.362 e. The number of carbonyl (C=O) groups excluding carboxylic acids is 1. The van der Waals surface area contributed by atoms with Crippen molar-refractivity contribution in [1.82, 2.24) is 9.78 Å². The summed E-state index contributed by atoms with van der Waals surface area (Å²) in [7, 11) is 1.17. The van der Waals surface area contributed by atoms with Gasteiger partial charge in [0.05, 0.1) is 27.9 Å². The summed E-state index contributed by atoms with van der Waals surface area (Å²) in [5.41, 5.74) is -0.138. The zero-order valence-electron chi connectivity index (χ0n) is 11.0. The molecule has 0 N–H and O–H groups in total. The smallest absolute Gasteiger partial charge is 0.362 e. The zero-order valence-corrected chi connectivity index (χ0v) is 13.3. The number of nitrogens with zero attached hydrogens (tertiary/aromatic N) is 2. The third-order valence-corrected chi connectivity index (χ3v) is 3.74. The first-order chi connectivity index (χ1) is 9.85. The Morgan fingerprint density at radius 2 is 1.81 bits per heavy atom. The number of ether oxygens (including phenoxy) is 1. The van der Waals surface area contributed by atoms with Crippen LogP contribution in [0.15, 0.2) is 23.1 Å². The van der Waals surface area contributed by atoms with Crippen LogP contribution in [-0.4, -0.2) is 22.9 Å². The lowest BCUT2D eigenvalue weighted by Crippen LogP contribution is -2.24. The molecule has 0 radical (unpaired) electrons. The Labute approximate surface area is 135 Å². The van der Waals surface area contributed by atoms with Gasteiger partial charge in [-0.05, 0) is 19.1 Å². The molecule has 1 heterocycles. The number of aromatic nitrogens is 2. The topological polar surface area (TPSA) is 61.2 Å². The molecule has 2 aromatic rings. The normalized spacial score (nSPS) is 10.5. The molecule has 0 bridgehead atoms. The number of rotatable bonds is 2. The van der Waals surface area contributed by atoms with Gasteiger partial charge in [0.2, 0.25) is 11.1 Å². The Hall–Kier alpha value is -1.56. The van der Waals surface area contributed by atoms with Gasteiger partial charge in [-0.1, -0.05) is 34.8 Å². The first kappa shape index (κ1) is 15.8. The lowest BCUT2D eigenvalue weighted by atomic mass is 10.2. The fourth-order valence-electron chi connectivity index (χ4n) is 1.65. The maximum absolute atomic E-state index is 11.9. The van der Waals surface area contributed by atoms with Crippen LogP contribution in [0.3, 0.4) is 0 Å². The van der Waals surface area contributed by atoms with Gasteiger partial charge in [-0.3, -0.25) is 4.79 Å². The van der Waals surface area contributed by atoms with Crippen LogP contribution in [0.4, 0.5) is 0 Å². The molecule has 2 rings (SSSR count). The number of carbonyl (C=O) groups is 1. The summed E-state index contributed by atoms with van der Waals surface area (Å²) >= 11 is 17.9. The first-order valence-corrected chi connectivity index (χ1v) is 6.82. The van der Waals surface area contributed by atoms with Gasteiger partial charge < -0.3 is 4.74 Å². The highest BCUT2D eigenvalue weighted by Crippen LogP contribution is 2.30. The molecule has 8 heteroatoms. The Morgan fingerprint density at radius 1 is 1.19 bits per heavy atom. The van der Waals surface area contributed by atoms with Gasteiger partial charge in [0, 0.05) is 11.8 Å². The molecule has 0 amide bonds. The Balaban J connectivity index is 2.71. The molecule has 5 nitrogen and oxygen atoms in total. The highest BCUT2D eigenvalue weighted by atomic mass is 35.5. The summed E-state index contributed by atoms with van der Waals surface area (Å²) in [5.74, 6) is -0.825. The molecule has 0 spiro atoms. The lowest BCUT2D eigenvalue weighted by Gasteiger charge is -2.11. The predicted molar refractivity (Wildman–Crippen MR) is 80.9 cm³/mol. The van der Waals surface area contributed by atoms with Crippen LogP contribution in [0.5, 0.6) is 0 Å². The summed E-state index contributed by atoms with van der Waals surface area (Å²) in [5, 5.41) is 4.78. The van der Waals surface area contributed by atoms with Gasteiger partial charge in [0.25, 0.3) is 0 Å². The largest absolute Gasteiger partial charge is 0.464 e. The van der Waals surface area contributed by atoms with Gasteiger partial charge in [0.15, 0.2) is 0 Å². The predicted octanol–water partition coefficient (Wildman–Crippen LogP) is 3.29. The van der Waals surface area contributed by atoms with Crippen LogP contribution < -0.4 is 5.43 Å². The van der Waals surface area contributed by atoms with E-state index in [1.807, 2.05) is 0 Å². The van der Waals surface area contributed by atoms with E-state index in [9.17, 15) is 9.59 Å². The number of methoxy groups -OCH3 is 1. The first-order valence-electron chi connectivity index (χ1n) is 5.69. The van der Waals surface area contributed by atoms with Gasteiger partial charge in [0.1, 0.15) is 0 Å². The van der Waals surface area contributed by atoms with E-state index in [1.54, 1.807) is 6.92 Å². The summed E-state index contributed by atoms with van der Waals surface area (Å²) in [6.45, 7) is 1.55. The number of aryl methyl sites for hydroxylation is 1. The van der Waals surface area contributed by atoms with Crippen LogP contribution in [0, 0.1) is 6.92 Å². The average molecular weight is 348 g/mol. The minimum absolute atomic E-state index is 0.272. The molecule has 110 valence electrons. The number of hydrogen-bond donors (Lipinski definition) is 0. The molecule has 0 unspecified atom stereocenters. The summed E-state index contributed by atoms with van der Waals surface area (Å²) in [6.07, 6.45) is 1.44. The summed E-state index contributed by atoms with van der Waals surface area (Å²) in [6, 6.07) is 2.94. The quantitative estimate of drug-likeness (QED) is 0.618. The minimum Gasteiger partial charge on any atom is -0.464 e. The van der Waals surface area contributed by atoms with Crippen molar-refractivity contribution < 1.29 is 9.53 Å². The van der Waals surface area contributed by atoms with Crippen molar-refractivity contribution in [2.24, 2.45) is 0 Å². The zero-order chi connectivity index (χ0) is 15.7. The molecular formula is C13H9Cl3N2O3. The third kappa shape index (κ3) is 3.05. The van der Waals surface area contributed by atoms with E-state index in [4.69, 9.17) is 34.8 Å². The second-order valence-electron chi connectivity index (χ2n) is 4.14. The van der Waals surface area contributed by atoms with Gasteiger partial charge in [-0.15, -0.1) is 0 Å². The molecule has 0 saturated heterocycles. The molecule has 0 aliphatic heterocycles. The van der Waals surface area contributed by atoms with Crippen LogP contribution in [-0.2, 0) is 4.74 Å². The fraction of sp³-hybridized carbons (Fsp3) is 0.154. The summed E-state index contributed by atoms with van der Waals surface area (Å²) in [4.78, 5) is 23.5. The molecule has 0 saturated carbocycles. The van der Waals surface area contributed by atoms with Gasteiger partial charge >= 0.3 is 5.97 Å². The molecule has 21 heavy (non-hydrogen) atoms. The van der Waals surface area contributed by atoms with Crippen molar-refractivity contribution in [2.75, 3.05) is 7.11 Å². The minimum atomic E-state index is -0.825. The molecule has 1 aromatic carbocycles. The standard InChI is InChI=1S/C13H9Cl3N2O3/c1-6-5-18(17-11(12(6)19)13(20)21-2)10-4-8(15)7(14)3-9(10)16/h3-5H,1-2H3. The number of benzene rings is 1. The molecular weight excluding hydrogens is 339 g/mol. The van der Waals surface area contributed by atoms with Crippen molar-refractivity contribution >= 4 is 40.8 Å². The van der Waals surface area contributed by atoms with Crippen molar-refractivity contribution in [3.63, 3.8) is 0 Å². The number of hydrogen-bond acceptors (Lipinski definition) is 4. The van der Waals surface area contributed by atoms with Crippen LogP contribution in [0.2, 0.25) is 15.1 Å². The molecule has 1 aromatic heterocycles. The van der Waals surface area contributed by atoms with Gasteiger partial charge in [-0.2, -0.15) is 5.10 Å². The highest BCUT2D eigenvalue weighted by Gasteiger charge is 2.17. The summed E-state index contributed by atoms with van der Waals surface area (Å²) < 4.78 is 5.83. The fourth-order valence-corrected chi connectivity index (χ4v) is 2.28. The van der Waals surface area contributed by atoms with E-state index in [2.05, 4.69) is 9.84 Å². The van der Waals surface area contributed by atoms with E-state index < -0.39 is 11.4 Å². The van der Waals surface area contributed by atoms with E-state index in [-0.39, 0.29) is 20.8 Å². The van der Waals surface area contributed by atoms with Crippen molar-refractivity contribution in [3.05, 3.63) is 54.9 Å². The third-order valence-electron chi connectivity index (χ3n) is 2.71. The van der Waals surface area contributed by atoms with Crippen molar-refractivity contribution in [3.8, 4) is 5.69 Å². The van der Waals surface area contributed by atoms with E-state index >= 15 is 0 Å². The number of esters is 1. The molecule has 0 atom stereocenters. The monoisotopic (exact) mass is 346 g/mol. The van der Waals surface area contributed by atoms with Gasteiger partial charge in [-0.25, -0.2) is 9.48 Å². The molecule has 0 fully saturated rings. The molecule has 0 aliphatic carbocycles. The SMILES string of the molecule is COC(=O)c1nn(-c2cc(Cl)c(Cl)cc2Cl)cc(C)c1=O. The highest BCUT2D eigenvalue weighted by molar-refractivity contribution is 6.43. The van der Waals surface area contributed by atoms with E-state index in [0.717, 1.165) is 0 Å².